The van der Waals surface area contributed by atoms with Gasteiger partial charge in [0, 0.05) is 25.8 Å². The van der Waals surface area contributed by atoms with E-state index >= 15 is 0 Å². The molecule has 0 N–H and O–H groups in total. The number of hydrogen-bond acceptors (Lipinski definition) is 6. The number of hydrogen-bond donors (Lipinski definition) is 0. The van der Waals surface area contributed by atoms with E-state index in [2.05, 4.69) is 16.0 Å². The van der Waals surface area contributed by atoms with E-state index in [0.717, 1.165) is 47.5 Å². The van der Waals surface area contributed by atoms with Crippen molar-refractivity contribution in [2.75, 3.05) is 44.4 Å². The minimum absolute atomic E-state index is 0.0229. The second kappa shape index (κ2) is 8.28. The van der Waals surface area contributed by atoms with Gasteiger partial charge in [-0.2, -0.15) is 0 Å². The lowest BCUT2D eigenvalue weighted by Crippen LogP contribution is -2.40. The standard InChI is InChI=1S/C23H24N4O3/c28-22(16-30-20-6-5-17-3-1-2-4-18(17)13-20)27-8-7-19-14-24-23(25-21(19)15-27)26-9-11-29-12-10-26/h1-6,13-14H,7-12,15-16H2. The van der Waals surface area contributed by atoms with Crippen LogP contribution in [0.4, 0.5) is 5.95 Å². The first kappa shape index (κ1) is 18.8. The van der Waals surface area contributed by atoms with Gasteiger partial charge in [-0.25, -0.2) is 9.97 Å². The molecule has 0 atom stereocenters. The molecule has 7 nitrogen and oxygen atoms in total. The van der Waals surface area contributed by atoms with Crippen molar-refractivity contribution in [2.45, 2.75) is 13.0 Å². The van der Waals surface area contributed by atoms with Crippen LogP contribution in [0.25, 0.3) is 10.8 Å². The summed E-state index contributed by atoms with van der Waals surface area (Å²) in [5.41, 5.74) is 2.04. The van der Waals surface area contributed by atoms with Crippen LogP contribution in [-0.2, 0) is 22.5 Å². The van der Waals surface area contributed by atoms with E-state index in [1.807, 2.05) is 47.5 Å². The average Bonchev–Trinajstić information content (AvgIpc) is 2.82. The highest BCUT2D eigenvalue weighted by Crippen LogP contribution is 2.22. The second-order valence-corrected chi connectivity index (χ2v) is 7.60. The Morgan fingerprint density at radius 2 is 1.90 bits per heavy atom. The highest BCUT2D eigenvalue weighted by atomic mass is 16.5. The van der Waals surface area contributed by atoms with Crippen molar-refractivity contribution in [3.63, 3.8) is 0 Å². The number of carbonyl (C=O) groups is 1. The van der Waals surface area contributed by atoms with Crippen LogP contribution in [-0.4, -0.2) is 60.2 Å². The van der Waals surface area contributed by atoms with Crippen molar-refractivity contribution in [1.29, 1.82) is 0 Å². The van der Waals surface area contributed by atoms with Crippen molar-refractivity contribution >= 4 is 22.6 Å². The summed E-state index contributed by atoms with van der Waals surface area (Å²) in [6, 6.07) is 14.0. The predicted molar refractivity (Wildman–Crippen MR) is 114 cm³/mol. The van der Waals surface area contributed by atoms with Crippen molar-refractivity contribution in [1.82, 2.24) is 14.9 Å². The lowest BCUT2D eigenvalue weighted by Gasteiger charge is -2.30. The first-order valence-corrected chi connectivity index (χ1v) is 10.3. The maximum absolute atomic E-state index is 12.8. The summed E-state index contributed by atoms with van der Waals surface area (Å²) < 4.78 is 11.2. The summed E-state index contributed by atoms with van der Waals surface area (Å²) in [7, 11) is 0. The zero-order valence-electron chi connectivity index (χ0n) is 16.8. The van der Waals surface area contributed by atoms with Gasteiger partial charge in [-0.05, 0) is 34.9 Å². The molecule has 154 valence electrons. The fraction of sp³-hybridized carbons (Fsp3) is 0.348. The van der Waals surface area contributed by atoms with E-state index in [1.54, 1.807) is 0 Å². The predicted octanol–water partition coefficient (Wildman–Crippen LogP) is 2.43. The molecule has 0 radical (unpaired) electrons. The summed E-state index contributed by atoms with van der Waals surface area (Å²) >= 11 is 0. The van der Waals surface area contributed by atoms with Crippen molar-refractivity contribution < 1.29 is 14.3 Å². The number of morpholine rings is 1. The molecule has 2 aliphatic rings. The Balaban J connectivity index is 1.23. The van der Waals surface area contributed by atoms with Gasteiger partial charge in [-0.1, -0.05) is 30.3 Å². The molecule has 1 amide bonds. The van der Waals surface area contributed by atoms with E-state index in [4.69, 9.17) is 14.5 Å². The number of nitrogens with zero attached hydrogens (tertiary/aromatic N) is 4. The minimum Gasteiger partial charge on any atom is -0.484 e. The zero-order valence-corrected chi connectivity index (χ0v) is 16.8. The second-order valence-electron chi connectivity index (χ2n) is 7.60. The third-order valence-corrected chi connectivity index (χ3v) is 5.66. The van der Waals surface area contributed by atoms with Crippen molar-refractivity contribution in [3.8, 4) is 5.75 Å². The normalized spacial score (nSPS) is 16.4. The number of fused-ring (bicyclic) bond motifs is 2. The van der Waals surface area contributed by atoms with Crippen LogP contribution >= 0.6 is 0 Å². The van der Waals surface area contributed by atoms with Gasteiger partial charge in [0.05, 0.1) is 25.5 Å². The average molecular weight is 404 g/mol. The van der Waals surface area contributed by atoms with E-state index in [9.17, 15) is 4.79 Å². The van der Waals surface area contributed by atoms with Crippen LogP contribution < -0.4 is 9.64 Å². The smallest absolute Gasteiger partial charge is 0.260 e. The summed E-state index contributed by atoms with van der Waals surface area (Å²) in [5.74, 6) is 1.40. The largest absolute Gasteiger partial charge is 0.484 e. The summed E-state index contributed by atoms with van der Waals surface area (Å²) in [6.45, 7) is 4.15. The molecular formula is C23H24N4O3. The SMILES string of the molecule is O=C(COc1ccc2ccccc2c1)N1CCc2cnc(N3CCOCC3)nc2C1. The van der Waals surface area contributed by atoms with E-state index in [0.29, 0.717) is 32.1 Å². The Labute approximate surface area is 175 Å². The summed E-state index contributed by atoms with van der Waals surface area (Å²) in [4.78, 5) is 26.0. The molecule has 0 saturated carbocycles. The zero-order chi connectivity index (χ0) is 20.3. The minimum atomic E-state index is -0.0275. The van der Waals surface area contributed by atoms with Gasteiger partial charge in [-0.3, -0.25) is 4.79 Å². The summed E-state index contributed by atoms with van der Waals surface area (Å²) in [6.07, 6.45) is 2.67. The summed E-state index contributed by atoms with van der Waals surface area (Å²) in [5, 5.41) is 2.25. The quantitative estimate of drug-likeness (QED) is 0.665. The molecule has 3 heterocycles. The van der Waals surface area contributed by atoms with Crippen molar-refractivity contribution in [2.24, 2.45) is 0 Å². The van der Waals surface area contributed by atoms with Crippen LogP contribution in [0.1, 0.15) is 11.3 Å². The Morgan fingerprint density at radius 1 is 1.07 bits per heavy atom. The maximum Gasteiger partial charge on any atom is 0.260 e. The Hall–Kier alpha value is -3.19. The molecule has 0 spiro atoms. The third-order valence-electron chi connectivity index (χ3n) is 5.66. The number of aromatic nitrogens is 2. The molecule has 1 saturated heterocycles. The van der Waals surface area contributed by atoms with E-state index in [-0.39, 0.29) is 12.5 Å². The fourth-order valence-corrected chi connectivity index (χ4v) is 3.91. The van der Waals surface area contributed by atoms with Gasteiger partial charge < -0.3 is 19.3 Å². The molecule has 3 aromatic rings. The van der Waals surface area contributed by atoms with Gasteiger partial charge in [0.2, 0.25) is 5.95 Å². The highest BCUT2D eigenvalue weighted by Gasteiger charge is 2.24. The molecule has 0 aliphatic carbocycles. The van der Waals surface area contributed by atoms with Crippen LogP contribution in [0.2, 0.25) is 0 Å². The van der Waals surface area contributed by atoms with Gasteiger partial charge in [0.25, 0.3) is 5.91 Å². The van der Waals surface area contributed by atoms with E-state index < -0.39 is 0 Å². The fourth-order valence-electron chi connectivity index (χ4n) is 3.91. The Morgan fingerprint density at radius 3 is 2.77 bits per heavy atom. The lowest BCUT2D eigenvalue weighted by molar-refractivity contribution is -0.134. The van der Waals surface area contributed by atoms with Crippen LogP contribution in [0.5, 0.6) is 5.75 Å². The van der Waals surface area contributed by atoms with E-state index in [1.165, 1.54) is 0 Å². The molecule has 0 bridgehead atoms. The number of carbonyl (C=O) groups excluding carboxylic acids is 1. The molecule has 2 aromatic carbocycles. The van der Waals surface area contributed by atoms with Crippen molar-refractivity contribution in [3.05, 3.63) is 59.9 Å². The number of amides is 1. The van der Waals surface area contributed by atoms with Crippen LogP contribution in [0, 0.1) is 0 Å². The number of ether oxygens (including phenoxy) is 2. The monoisotopic (exact) mass is 404 g/mol. The highest BCUT2D eigenvalue weighted by molar-refractivity contribution is 5.84. The molecule has 5 rings (SSSR count). The first-order chi connectivity index (χ1) is 14.8. The molecule has 0 unspecified atom stereocenters. The first-order valence-electron chi connectivity index (χ1n) is 10.3. The number of anilines is 1. The number of benzene rings is 2. The molecule has 30 heavy (non-hydrogen) atoms. The lowest BCUT2D eigenvalue weighted by atomic mass is 10.1. The van der Waals surface area contributed by atoms with Crippen LogP contribution in [0.3, 0.4) is 0 Å². The van der Waals surface area contributed by atoms with Crippen LogP contribution in [0.15, 0.2) is 48.7 Å². The molecule has 1 fully saturated rings. The molecule has 7 heteroatoms. The third kappa shape index (κ3) is 3.93. The molecular weight excluding hydrogens is 380 g/mol. The van der Waals surface area contributed by atoms with Gasteiger partial charge in [0.15, 0.2) is 6.61 Å². The van der Waals surface area contributed by atoms with Gasteiger partial charge in [0.1, 0.15) is 5.75 Å². The maximum atomic E-state index is 12.8. The molecule has 2 aliphatic heterocycles. The number of rotatable bonds is 4. The Kier molecular flexibility index (Phi) is 5.19. The molecule has 1 aromatic heterocycles. The van der Waals surface area contributed by atoms with Gasteiger partial charge >= 0.3 is 0 Å². The van der Waals surface area contributed by atoms with Gasteiger partial charge in [-0.15, -0.1) is 0 Å². The Bertz CT molecular complexity index is 1070. The topological polar surface area (TPSA) is 67.8 Å².